The van der Waals surface area contributed by atoms with Crippen molar-refractivity contribution in [2.24, 2.45) is 0 Å². The molecule has 0 aromatic carbocycles. The maximum atomic E-state index is 13.3. The maximum Gasteiger partial charge on any atom is 0.459 e. The molecule has 1 unspecified atom stereocenters. The van der Waals surface area contributed by atoms with E-state index < -0.39 is 47.7 Å². The minimum absolute atomic E-state index is 0.153. The average molecular weight is 428 g/mol. The second kappa shape index (κ2) is 10.2. The van der Waals surface area contributed by atoms with Crippen LogP contribution in [0.3, 0.4) is 0 Å². The van der Waals surface area contributed by atoms with Crippen molar-refractivity contribution in [3.8, 4) is 0 Å². The Morgan fingerprint density at radius 1 is 0.963 bits per heavy atom. The molecule has 0 aliphatic heterocycles. The highest BCUT2D eigenvalue weighted by molar-refractivity contribution is 8.00. The van der Waals surface area contributed by atoms with Crippen molar-refractivity contribution in [1.29, 1.82) is 0 Å². The Kier molecular flexibility index (Phi) is 9.95. The van der Waals surface area contributed by atoms with Gasteiger partial charge in [-0.2, -0.15) is 30.7 Å². The Morgan fingerprint density at radius 3 is 1.96 bits per heavy atom. The number of halogens is 7. The molecule has 0 N–H and O–H groups in total. The van der Waals surface area contributed by atoms with Crippen LogP contribution in [0.5, 0.6) is 0 Å². The van der Waals surface area contributed by atoms with Crippen molar-refractivity contribution in [3.05, 3.63) is 0 Å². The van der Waals surface area contributed by atoms with E-state index in [0.717, 1.165) is 24.6 Å². The fourth-order valence-corrected chi connectivity index (χ4v) is 3.21. The average Bonchev–Trinajstić information content (AvgIpc) is 2.46. The van der Waals surface area contributed by atoms with Gasteiger partial charge in [0.15, 0.2) is 0 Å². The highest BCUT2D eigenvalue weighted by Crippen LogP contribution is 2.48. The van der Waals surface area contributed by atoms with E-state index in [-0.39, 0.29) is 5.75 Å². The minimum Gasteiger partial charge on any atom is -0.459 e. The number of carbonyl (C=O) groups is 1. The molecule has 0 heterocycles. The molecule has 0 radical (unpaired) electrons. The summed E-state index contributed by atoms with van der Waals surface area (Å²) in [6.45, 7) is 6.95. The number of hydrogen-bond acceptors (Lipinski definition) is 3. The van der Waals surface area contributed by atoms with Crippen LogP contribution in [0.25, 0.3) is 0 Å². The number of unbranched alkanes of at least 4 members (excludes halogenated alkanes) is 2. The second-order valence-electron chi connectivity index (χ2n) is 7.27. The third kappa shape index (κ3) is 8.91. The van der Waals surface area contributed by atoms with Crippen molar-refractivity contribution < 1.29 is 40.3 Å². The lowest BCUT2D eigenvalue weighted by molar-refractivity contribution is -0.355. The molecular weight excluding hydrogens is 401 g/mol. The van der Waals surface area contributed by atoms with Gasteiger partial charge < -0.3 is 4.74 Å². The van der Waals surface area contributed by atoms with Crippen molar-refractivity contribution in [2.45, 2.75) is 95.1 Å². The van der Waals surface area contributed by atoms with Crippen LogP contribution in [0.2, 0.25) is 0 Å². The summed E-state index contributed by atoms with van der Waals surface area (Å²) >= 11 is 0.946. The highest BCUT2D eigenvalue weighted by Gasteiger charge is 2.72. The van der Waals surface area contributed by atoms with Crippen molar-refractivity contribution in [1.82, 2.24) is 0 Å². The SMILES string of the molecule is CCCCCC(SCCCC(F)(F)C(F)(F)C(F)(F)F)C(=O)OC(C)(C)C. The summed E-state index contributed by atoms with van der Waals surface area (Å²) in [4.78, 5) is 12.2. The molecule has 27 heavy (non-hydrogen) atoms. The molecule has 10 heteroatoms. The van der Waals surface area contributed by atoms with Gasteiger partial charge in [0.05, 0.1) is 0 Å². The van der Waals surface area contributed by atoms with Crippen LogP contribution in [0.4, 0.5) is 30.7 Å². The summed E-state index contributed by atoms with van der Waals surface area (Å²) in [7, 11) is 0. The van der Waals surface area contributed by atoms with Crippen molar-refractivity contribution >= 4 is 17.7 Å². The summed E-state index contributed by atoms with van der Waals surface area (Å²) in [5, 5.41) is -0.674. The number of ether oxygens (including phenoxy) is 1. The Labute approximate surface area is 159 Å². The monoisotopic (exact) mass is 428 g/mol. The first-order valence-electron chi connectivity index (χ1n) is 8.72. The molecule has 1 atom stereocenters. The van der Waals surface area contributed by atoms with Crippen LogP contribution in [0.15, 0.2) is 0 Å². The van der Waals surface area contributed by atoms with Crippen LogP contribution in [-0.2, 0) is 9.53 Å². The first-order valence-corrected chi connectivity index (χ1v) is 9.77. The smallest absolute Gasteiger partial charge is 0.459 e. The first-order chi connectivity index (χ1) is 12.0. The van der Waals surface area contributed by atoms with Crippen LogP contribution in [-0.4, -0.2) is 40.6 Å². The van der Waals surface area contributed by atoms with Gasteiger partial charge in [0.2, 0.25) is 0 Å². The summed E-state index contributed by atoms with van der Waals surface area (Å²) in [5.74, 6) is -12.0. The number of rotatable bonds is 11. The molecule has 0 aliphatic rings. The molecule has 0 fully saturated rings. The molecular formula is C17H27F7O2S. The van der Waals surface area contributed by atoms with Gasteiger partial charge in [0.25, 0.3) is 0 Å². The van der Waals surface area contributed by atoms with Crippen LogP contribution in [0, 0.1) is 0 Å². The van der Waals surface area contributed by atoms with Gasteiger partial charge in [-0.25, -0.2) is 0 Å². The molecule has 0 amide bonds. The molecule has 0 bridgehead atoms. The third-order valence-electron chi connectivity index (χ3n) is 3.51. The van der Waals surface area contributed by atoms with Gasteiger partial charge in [-0.1, -0.05) is 26.2 Å². The predicted molar refractivity (Wildman–Crippen MR) is 91.4 cm³/mol. The topological polar surface area (TPSA) is 26.3 Å². The van der Waals surface area contributed by atoms with Crippen LogP contribution < -0.4 is 0 Å². The largest absolute Gasteiger partial charge is 0.459 e. The fraction of sp³-hybridized carbons (Fsp3) is 0.941. The van der Waals surface area contributed by atoms with E-state index in [1.54, 1.807) is 20.8 Å². The highest BCUT2D eigenvalue weighted by atomic mass is 32.2. The van der Waals surface area contributed by atoms with E-state index in [0.29, 0.717) is 12.8 Å². The van der Waals surface area contributed by atoms with E-state index in [4.69, 9.17) is 4.74 Å². The second-order valence-corrected chi connectivity index (χ2v) is 8.58. The van der Waals surface area contributed by atoms with E-state index in [9.17, 15) is 35.5 Å². The number of hydrogen-bond donors (Lipinski definition) is 0. The normalized spacial score (nSPS) is 14.9. The third-order valence-corrected chi connectivity index (χ3v) is 4.86. The van der Waals surface area contributed by atoms with Crippen LogP contribution in [0.1, 0.15) is 66.2 Å². The number of esters is 1. The minimum atomic E-state index is -6.32. The number of thioether (sulfide) groups is 1. The zero-order valence-corrected chi connectivity index (χ0v) is 16.7. The number of alkyl halides is 7. The fourth-order valence-electron chi connectivity index (χ4n) is 2.10. The zero-order chi connectivity index (χ0) is 21.5. The lowest BCUT2D eigenvalue weighted by Crippen LogP contribution is -2.51. The Balaban J connectivity index is 4.73. The van der Waals surface area contributed by atoms with Gasteiger partial charge in [-0.3, -0.25) is 4.79 Å². The van der Waals surface area contributed by atoms with Crippen LogP contribution >= 0.6 is 11.8 Å². The Bertz CT molecular complexity index is 459. The quantitative estimate of drug-likeness (QED) is 0.210. The number of carbonyl (C=O) groups excluding carboxylic acids is 1. The Morgan fingerprint density at radius 2 is 1.52 bits per heavy atom. The zero-order valence-electron chi connectivity index (χ0n) is 15.9. The first kappa shape index (κ1) is 26.3. The molecule has 0 saturated carbocycles. The van der Waals surface area contributed by atoms with Gasteiger partial charge in [0, 0.05) is 6.42 Å². The molecule has 0 aliphatic carbocycles. The van der Waals surface area contributed by atoms with E-state index in [1.165, 1.54) is 0 Å². The standard InChI is InChI=1S/C17H27F7O2S/c1-5-6-7-9-12(13(25)26-14(2,3)4)27-11-8-10-15(18,19)16(20,21)17(22,23)24/h12H,5-11H2,1-4H3. The molecule has 2 nitrogen and oxygen atoms in total. The molecule has 0 aromatic heterocycles. The van der Waals surface area contributed by atoms with Crippen molar-refractivity contribution in [2.75, 3.05) is 5.75 Å². The van der Waals surface area contributed by atoms with E-state index in [1.807, 2.05) is 6.92 Å². The maximum absolute atomic E-state index is 13.3. The summed E-state index contributed by atoms with van der Waals surface area (Å²) < 4.78 is 93.8. The lowest BCUT2D eigenvalue weighted by atomic mass is 10.1. The lowest BCUT2D eigenvalue weighted by Gasteiger charge is -2.28. The molecule has 0 saturated heterocycles. The molecule has 162 valence electrons. The van der Waals surface area contributed by atoms with Gasteiger partial charge in [-0.15, -0.1) is 11.8 Å². The van der Waals surface area contributed by atoms with E-state index >= 15 is 0 Å². The van der Waals surface area contributed by atoms with Crippen molar-refractivity contribution in [3.63, 3.8) is 0 Å². The summed E-state index contributed by atoms with van der Waals surface area (Å²) in [6.07, 6.45) is -5.68. The molecule has 0 spiro atoms. The molecule has 0 aromatic rings. The summed E-state index contributed by atoms with van der Waals surface area (Å²) in [6, 6.07) is 0. The van der Waals surface area contributed by atoms with Gasteiger partial charge in [-0.05, 0) is 39.4 Å². The van der Waals surface area contributed by atoms with Gasteiger partial charge >= 0.3 is 24.0 Å². The summed E-state index contributed by atoms with van der Waals surface area (Å²) in [5.41, 5.74) is -0.748. The predicted octanol–water partition coefficient (Wildman–Crippen LogP) is 6.62. The van der Waals surface area contributed by atoms with Gasteiger partial charge in [0.1, 0.15) is 10.9 Å². The Hall–Kier alpha value is -0.670. The van der Waals surface area contributed by atoms with E-state index in [2.05, 4.69) is 0 Å². The molecule has 0 rings (SSSR count).